The van der Waals surface area contributed by atoms with Gasteiger partial charge in [0.25, 0.3) is 5.56 Å². The van der Waals surface area contributed by atoms with E-state index in [-0.39, 0.29) is 11.0 Å². The first kappa shape index (κ1) is 15.2. The largest absolute Gasteiger partial charge is 0.383 e. The predicted molar refractivity (Wildman–Crippen MR) is 76.0 cm³/mol. The van der Waals surface area contributed by atoms with Crippen LogP contribution in [0.5, 0.6) is 0 Å². The average molecular weight is 318 g/mol. The van der Waals surface area contributed by atoms with Crippen LogP contribution in [-0.2, 0) is 11.3 Å². The van der Waals surface area contributed by atoms with E-state index in [1.54, 1.807) is 13.3 Å². The number of methoxy groups -OCH3 is 1. The van der Waals surface area contributed by atoms with Gasteiger partial charge >= 0.3 is 0 Å². The molecular weight excluding hydrogens is 298 g/mol. The summed E-state index contributed by atoms with van der Waals surface area (Å²) in [5, 5.41) is 7.33. The van der Waals surface area contributed by atoms with E-state index < -0.39 is 0 Å². The van der Waals surface area contributed by atoms with E-state index >= 15 is 0 Å². The molecule has 0 amide bonds. The van der Waals surface area contributed by atoms with Gasteiger partial charge in [-0.15, -0.1) is 0 Å². The summed E-state index contributed by atoms with van der Waals surface area (Å²) in [5.74, 6) is 0. The first-order chi connectivity index (χ1) is 8.35. The highest BCUT2D eigenvalue weighted by Crippen LogP contribution is 2.19. The minimum atomic E-state index is -0.147. The Morgan fingerprint density at radius 1 is 1.50 bits per heavy atom. The number of nitrogens with zero attached hydrogens (tertiary/aromatic N) is 2. The van der Waals surface area contributed by atoms with Gasteiger partial charge in [-0.3, -0.25) is 4.79 Å². The third-order valence-corrected chi connectivity index (χ3v) is 3.07. The average Bonchev–Trinajstić information content (AvgIpc) is 2.28. The molecule has 1 aromatic heterocycles. The minimum absolute atomic E-state index is 0.143. The molecule has 0 saturated carbocycles. The van der Waals surface area contributed by atoms with Crippen LogP contribution in [0.3, 0.4) is 0 Å². The first-order valence-electron chi connectivity index (χ1n) is 5.83. The molecule has 0 atom stereocenters. The van der Waals surface area contributed by atoms with Crippen molar-refractivity contribution < 1.29 is 4.74 Å². The quantitative estimate of drug-likeness (QED) is 0.903. The second-order valence-corrected chi connectivity index (χ2v) is 6.10. The minimum Gasteiger partial charge on any atom is -0.383 e. The molecule has 0 aliphatic rings. The molecule has 0 radical (unpaired) electrons. The van der Waals surface area contributed by atoms with Crippen LogP contribution in [0.1, 0.15) is 20.8 Å². The van der Waals surface area contributed by atoms with Crippen LogP contribution in [0.25, 0.3) is 0 Å². The lowest BCUT2D eigenvalue weighted by Gasteiger charge is -2.20. The number of aromatic nitrogens is 2. The van der Waals surface area contributed by atoms with Crippen LogP contribution in [-0.4, -0.2) is 30.0 Å². The van der Waals surface area contributed by atoms with E-state index in [9.17, 15) is 4.79 Å². The van der Waals surface area contributed by atoms with Crippen molar-refractivity contribution in [3.63, 3.8) is 0 Å². The molecule has 0 aliphatic carbocycles. The number of halogens is 1. The van der Waals surface area contributed by atoms with E-state index in [1.165, 1.54) is 4.68 Å². The Bertz CT molecular complexity index is 452. The van der Waals surface area contributed by atoms with Gasteiger partial charge in [0.1, 0.15) is 4.47 Å². The molecule has 0 aromatic carbocycles. The van der Waals surface area contributed by atoms with Crippen molar-refractivity contribution in [3.8, 4) is 0 Å². The molecule has 0 fully saturated rings. The molecule has 0 aliphatic heterocycles. The van der Waals surface area contributed by atoms with Gasteiger partial charge in [-0.1, -0.05) is 20.8 Å². The molecule has 1 heterocycles. The fourth-order valence-electron chi connectivity index (χ4n) is 1.29. The molecule has 5 nitrogen and oxygen atoms in total. The molecular formula is C12H20BrN3O2. The maximum atomic E-state index is 12.0. The number of hydrogen-bond donors (Lipinski definition) is 1. The van der Waals surface area contributed by atoms with Crippen molar-refractivity contribution in [2.45, 2.75) is 27.3 Å². The maximum Gasteiger partial charge on any atom is 0.283 e. The molecule has 0 spiro atoms. The van der Waals surface area contributed by atoms with E-state index in [2.05, 4.69) is 47.1 Å². The Morgan fingerprint density at radius 3 is 2.72 bits per heavy atom. The van der Waals surface area contributed by atoms with Gasteiger partial charge < -0.3 is 10.1 Å². The van der Waals surface area contributed by atoms with Crippen LogP contribution in [0.2, 0.25) is 0 Å². The maximum absolute atomic E-state index is 12.0. The van der Waals surface area contributed by atoms with Crippen molar-refractivity contribution in [2.75, 3.05) is 25.6 Å². The Morgan fingerprint density at radius 2 is 2.17 bits per heavy atom. The van der Waals surface area contributed by atoms with Gasteiger partial charge in [0, 0.05) is 13.7 Å². The van der Waals surface area contributed by atoms with Gasteiger partial charge in [0.05, 0.1) is 25.0 Å². The number of ether oxygens (including phenoxy) is 1. The van der Waals surface area contributed by atoms with Crippen molar-refractivity contribution in [1.82, 2.24) is 9.78 Å². The van der Waals surface area contributed by atoms with E-state index in [1.807, 2.05) is 0 Å². The monoisotopic (exact) mass is 317 g/mol. The molecule has 1 N–H and O–H groups in total. The zero-order chi connectivity index (χ0) is 13.8. The zero-order valence-corrected chi connectivity index (χ0v) is 12.9. The molecule has 1 aromatic rings. The fourth-order valence-corrected chi connectivity index (χ4v) is 1.73. The summed E-state index contributed by atoms with van der Waals surface area (Å²) >= 11 is 3.31. The third-order valence-electron chi connectivity index (χ3n) is 2.30. The highest BCUT2D eigenvalue weighted by Gasteiger charge is 2.13. The van der Waals surface area contributed by atoms with Crippen LogP contribution in [0.4, 0.5) is 5.69 Å². The number of rotatable bonds is 5. The van der Waals surface area contributed by atoms with Crippen molar-refractivity contribution in [3.05, 3.63) is 21.0 Å². The molecule has 0 saturated heterocycles. The second kappa shape index (κ2) is 6.33. The lowest BCUT2D eigenvalue weighted by Crippen LogP contribution is -2.27. The van der Waals surface area contributed by atoms with Crippen LogP contribution >= 0.6 is 15.9 Å². The molecule has 6 heteroatoms. The van der Waals surface area contributed by atoms with Gasteiger partial charge in [-0.05, 0) is 21.3 Å². The van der Waals surface area contributed by atoms with Crippen molar-refractivity contribution in [2.24, 2.45) is 5.41 Å². The number of nitrogens with one attached hydrogen (secondary N) is 1. The lowest BCUT2D eigenvalue weighted by molar-refractivity contribution is 0.181. The third kappa shape index (κ3) is 4.42. The zero-order valence-electron chi connectivity index (χ0n) is 11.3. The molecule has 102 valence electrons. The van der Waals surface area contributed by atoms with Gasteiger partial charge in [0.15, 0.2) is 0 Å². The van der Waals surface area contributed by atoms with Gasteiger partial charge in [0.2, 0.25) is 0 Å². The fraction of sp³-hybridized carbons (Fsp3) is 0.667. The van der Waals surface area contributed by atoms with Crippen LogP contribution < -0.4 is 10.9 Å². The number of hydrogen-bond acceptors (Lipinski definition) is 4. The van der Waals surface area contributed by atoms with E-state index in [4.69, 9.17) is 4.74 Å². The van der Waals surface area contributed by atoms with Crippen molar-refractivity contribution in [1.29, 1.82) is 0 Å². The van der Waals surface area contributed by atoms with E-state index in [0.29, 0.717) is 17.6 Å². The number of anilines is 1. The van der Waals surface area contributed by atoms with Gasteiger partial charge in [-0.25, -0.2) is 4.68 Å². The Balaban J connectivity index is 2.84. The van der Waals surface area contributed by atoms with E-state index in [0.717, 1.165) is 12.2 Å². The van der Waals surface area contributed by atoms with Crippen molar-refractivity contribution >= 4 is 21.6 Å². The van der Waals surface area contributed by atoms with Gasteiger partial charge in [-0.2, -0.15) is 5.10 Å². The summed E-state index contributed by atoms with van der Waals surface area (Å²) in [6.45, 7) is 8.07. The Kier molecular flexibility index (Phi) is 5.34. The highest BCUT2D eigenvalue weighted by molar-refractivity contribution is 9.10. The summed E-state index contributed by atoms with van der Waals surface area (Å²) in [6.07, 6.45) is 1.66. The molecule has 0 bridgehead atoms. The Labute approximate surface area is 116 Å². The highest BCUT2D eigenvalue weighted by atomic mass is 79.9. The Hall–Kier alpha value is -0.880. The standard InChI is InChI=1S/C12H20BrN3O2/c1-12(2,3)8-14-9-7-15-16(5-6-18-4)11(17)10(9)13/h7,14H,5-6,8H2,1-4H3. The normalized spacial score (nSPS) is 11.6. The van der Waals surface area contributed by atoms with Crippen LogP contribution in [0.15, 0.2) is 15.5 Å². The molecule has 1 rings (SSSR count). The topological polar surface area (TPSA) is 56.1 Å². The smallest absolute Gasteiger partial charge is 0.283 e. The summed E-state index contributed by atoms with van der Waals surface area (Å²) in [6, 6.07) is 0. The predicted octanol–water partition coefficient (Wildman–Crippen LogP) is 2.11. The summed E-state index contributed by atoms with van der Waals surface area (Å²) in [5.41, 5.74) is 0.721. The van der Waals surface area contributed by atoms with Crippen LogP contribution in [0, 0.1) is 5.41 Å². The summed E-state index contributed by atoms with van der Waals surface area (Å²) in [4.78, 5) is 12.0. The SMILES string of the molecule is COCCn1ncc(NCC(C)(C)C)c(Br)c1=O. The summed E-state index contributed by atoms with van der Waals surface area (Å²) < 4.78 is 6.83. The second-order valence-electron chi connectivity index (χ2n) is 5.31. The molecule has 0 unspecified atom stereocenters. The molecule has 18 heavy (non-hydrogen) atoms. The summed E-state index contributed by atoms with van der Waals surface area (Å²) in [7, 11) is 1.60. The first-order valence-corrected chi connectivity index (χ1v) is 6.63. The lowest BCUT2D eigenvalue weighted by atomic mass is 9.97.